The summed E-state index contributed by atoms with van der Waals surface area (Å²) >= 11 is 0. The van der Waals surface area contributed by atoms with Crippen molar-refractivity contribution in [2.24, 2.45) is 0 Å². The summed E-state index contributed by atoms with van der Waals surface area (Å²) in [4.78, 5) is 0. The van der Waals surface area contributed by atoms with Gasteiger partial charge in [-0.15, -0.1) is 33.0 Å². The second-order valence-corrected chi connectivity index (χ2v) is 1.44. The largest absolute Gasteiger partial charge is 5.00 e. The SMILES string of the molecule is CC[O-].CC[O-].CC[O-].CC[O-].CC[O-].[W+5]. The molecule has 0 bridgehead atoms. The zero-order valence-electron chi connectivity index (χ0n) is 11.0. The molecule has 0 aromatic heterocycles. The fourth-order valence-corrected chi connectivity index (χ4v) is 0. The summed E-state index contributed by atoms with van der Waals surface area (Å²) in [6, 6.07) is 0. The molecule has 0 saturated heterocycles. The van der Waals surface area contributed by atoms with Gasteiger partial charge in [0.25, 0.3) is 0 Å². The maximum Gasteiger partial charge on any atom is 5.00 e. The zero-order valence-corrected chi connectivity index (χ0v) is 13.9. The van der Waals surface area contributed by atoms with Crippen molar-refractivity contribution in [2.45, 2.75) is 34.6 Å². The average Bonchev–Trinajstić information content (AvgIpc) is 2.09. The summed E-state index contributed by atoms with van der Waals surface area (Å²) < 4.78 is 0. The Balaban J connectivity index is -0.0000000192. The molecule has 0 saturated carbocycles. The Labute approximate surface area is 114 Å². The summed E-state index contributed by atoms with van der Waals surface area (Å²) in [5, 5.41) is 44.7. The fourth-order valence-electron chi connectivity index (χ4n) is 0. The van der Waals surface area contributed by atoms with Gasteiger partial charge in [0.15, 0.2) is 0 Å². The molecule has 0 amide bonds. The van der Waals surface area contributed by atoms with E-state index in [4.69, 9.17) is 25.5 Å². The summed E-state index contributed by atoms with van der Waals surface area (Å²) in [7, 11) is 0. The smallest absolute Gasteiger partial charge is 0.855 e. The van der Waals surface area contributed by atoms with E-state index in [9.17, 15) is 0 Å². The number of hydrogen-bond donors (Lipinski definition) is 0. The van der Waals surface area contributed by atoms with Crippen LogP contribution in [0.25, 0.3) is 0 Å². The molecule has 0 fully saturated rings. The maximum atomic E-state index is 8.93. The van der Waals surface area contributed by atoms with Gasteiger partial charge in [0, 0.05) is 0 Å². The third kappa shape index (κ3) is 11100. The Kier molecular flexibility index (Phi) is 243. The fraction of sp³-hybridized carbons (Fsp3) is 1.00. The second-order valence-electron chi connectivity index (χ2n) is 1.44. The van der Waals surface area contributed by atoms with Gasteiger partial charge in [-0.3, -0.25) is 0 Å². The molecule has 0 aliphatic carbocycles. The second kappa shape index (κ2) is 108. The molecule has 0 heterocycles. The molecule has 101 valence electrons. The molecule has 0 aliphatic heterocycles. The third-order valence-corrected chi connectivity index (χ3v) is 0. The van der Waals surface area contributed by atoms with Crippen molar-refractivity contribution in [3.63, 3.8) is 0 Å². The third-order valence-electron chi connectivity index (χ3n) is 0. The van der Waals surface area contributed by atoms with Crippen molar-refractivity contribution in [3.8, 4) is 0 Å². The molecule has 1 radical (unpaired) electrons. The molecule has 0 aromatic rings. The van der Waals surface area contributed by atoms with Gasteiger partial charge in [0.2, 0.25) is 0 Å². The molecule has 0 atom stereocenters. The number of hydrogen-bond acceptors (Lipinski definition) is 5. The van der Waals surface area contributed by atoms with Crippen LogP contribution in [-0.2, 0) is 21.1 Å². The first-order valence-electron chi connectivity index (χ1n) is 4.98. The number of rotatable bonds is 0. The van der Waals surface area contributed by atoms with Crippen LogP contribution in [-0.4, -0.2) is 33.0 Å². The Morgan fingerprint density at radius 3 is 0.438 bits per heavy atom. The van der Waals surface area contributed by atoms with Gasteiger partial charge in [0.1, 0.15) is 0 Å². The van der Waals surface area contributed by atoms with Gasteiger partial charge in [0.05, 0.1) is 0 Å². The van der Waals surface area contributed by atoms with E-state index in [0.29, 0.717) is 0 Å². The zero-order chi connectivity index (χ0) is 13.5. The van der Waals surface area contributed by atoms with Crippen molar-refractivity contribution in [2.75, 3.05) is 33.0 Å². The standard InChI is InChI=1S/5C2H5O.W/c5*1-2-3;/h5*2H2,1H3;/q5*-1;+5. The van der Waals surface area contributed by atoms with Crippen LogP contribution in [0.4, 0.5) is 0 Å². The molecule has 0 rings (SSSR count). The first-order chi connectivity index (χ1) is 7.07. The van der Waals surface area contributed by atoms with Crippen molar-refractivity contribution in [1.29, 1.82) is 0 Å². The molecule has 16 heavy (non-hydrogen) atoms. The van der Waals surface area contributed by atoms with Crippen LogP contribution in [0.15, 0.2) is 0 Å². The van der Waals surface area contributed by atoms with Crippen molar-refractivity contribution >= 4 is 0 Å². The maximum absolute atomic E-state index is 8.93. The van der Waals surface area contributed by atoms with Crippen LogP contribution in [0.5, 0.6) is 0 Å². The van der Waals surface area contributed by atoms with Crippen LogP contribution >= 0.6 is 0 Å². The molecule has 6 heteroatoms. The van der Waals surface area contributed by atoms with Crippen molar-refractivity contribution in [1.82, 2.24) is 0 Å². The van der Waals surface area contributed by atoms with Crippen molar-refractivity contribution < 1.29 is 46.6 Å². The van der Waals surface area contributed by atoms with E-state index in [0.717, 1.165) is 0 Å². The van der Waals surface area contributed by atoms with Crippen LogP contribution in [0, 0.1) is 0 Å². The van der Waals surface area contributed by atoms with E-state index in [1.807, 2.05) is 0 Å². The van der Waals surface area contributed by atoms with E-state index in [2.05, 4.69) is 0 Å². The quantitative estimate of drug-likeness (QED) is 0.419. The minimum Gasteiger partial charge on any atom is -0.855 e. The minimum atomic E-state index is 0. The average molecular weight is 409 g/mol. The van der Waals surface area contributed by atoms with Gasteiger partial charge < -0.3 is 25.5 Å². The van der Waals surface area contributed by atoms with E-state index in [1.54, 1.807) is 34.6 Å². The molecule has 0 spiro atoms. The monoisotopic (exact) mass is 409 g/mol. The van der Waals surface area contributed by atoms with Gasteiger partial charge >= 0.3 is 21.1 Å². The minimum absolute atomic E-state index is 0. The molecule has 0 unspecified atom stereocenters. The van der Waals surface area contributed by atoms with E-state index in [-0.39, 0.29) is 54.1 Å². The summed E-state index contributed by atoms with van der Waals surface area (Å²) in [5.41, 5.74) is 0. The molecule has 0 aliphatic rings. The first kappa shape index (κ1) is 36.0. The van der Waals surface area contributed by atoms with Gasteiger partial charge in [-0.2, -0.15) is 0 Å². The topological polar surface area (TPSA) is 115 Å². The Morgan fingerprint density at radius 2 is 0.438 bits per heavy atom. The first-order valence-corrected chi connectivity index (χ1v) is 4.98. The molecular weight excluding hydrogens is 384 g/mol. The normalized spacial score (nSPS) is 5.62. The summed E-state index contributed by atoms with van der Waals surface area (Å²) in [6.07, 6.45) is 0. The Hall–Kier alpha value is 0.488. The Bertz CT molecular complexity index is 30.8. The van der Waals surface area contributed by atoms with Gasteiger partial charge in [-0.25, -0.2) is 0 Å². The van der Waals surface area contributed by atoms with Crippen LogP contribution in [0.1, 0.15) is 34.6 Å². The molecule has 0 aromatic carbocycles. The predicted molar refractivity (Wildman–Crippen MR) is 52.7 cm³/mol. The Morgan fingerprint density at radius 1 is 0.438 bits per heavy atom. The van der Waals surface area contributed by atoms with E-state index in [1.165, 1.54) is 0 Å². The molecular formula is C10H25O5W. The van der Waals surface area contributed by atoms with Crippen LogP contribution in [0.3, 0.4) is 0 Å². The van der Waals surface area contributed by atoms with Crippen molar-refractivity contribution in [3.05, 3.63) is 0 Å². The van der Waals surface area contributed by atoms with E-state index >= 15 is 0 Å². The summed E-state index contributed by atoms with van der Waals surface area (Å²) in [5.74, 6) is 0. The van der Waals surface area contributed by atoms with Gasteiger partial charge in [-0.1, -0.05) is 34.6 Å². The molecule has 0 N–H and O–H groups in total. The van der Waals surface area contributed by atoms with Gasteiger partial charge in [-0.05, 0) is 0 Å². The molecule has 5 nitrogen and oxygen atoms in total. The summed E-state index contributed by atoms with van der Waals surface area (Å²) in [6.45, 7) is 7.85. The van der Waals surface area contributed by atoms with Crippen LogP contribution in [0.2, 0.25) is 0 Å². The predicted octanol–water partition coefficient (Wildman–Crippen LogP) is -3.17. The van der Waals surface area contributed by atoms with Crippen LogP contribution < -0.4 is 25.5 Å². The van der Waals surface area contributed by atoms with E-state index < -0.39 is 0 Å².